The summed E-state index contributed by atoms with van der Waals surface area (Å²) in [6, 6.07) is 3.66. The molecule has 1 aromatic rings. The number of hydrogen-bond donors (Lipinski definition) is 2. The number of nitrogens with two attached hydrogens (primary N) is 1. The van der Waals surface area contributed by atoms with Crippen LogP contribution in [0.2, 0.25) is 5.02 Å². The number of sulfonamides is 1. The highest BCUT2D eigenvalue weighted by Crippen LogP contribution is 2.24. The van der Waals surface area contributed by atoms with Gasteiger partial charge in [0.1, 0.15) is 4.90 Å². The van der Waals surface area contributed by atoms with Crippen molar-refractivity contribution in [1.29, 1.82) is 0 Å². The SMILES string of the molecule is C[C@H]1CCCC[C@@H]1NC(=O)COC(=O)c1ccc(Cl)c(S(N)(=O)=O)c1. The first-order valence-electron chi connectivity index (χ1n) is 7.97. The third-order valence-corrected chi connectivity index (χ3v) is 5.66. The predicted octanol–water partition coefficient (Wildman–Crippen LogP) is 1.84. The number of rotatable bonds is 5. The highest BCUT2D eigenvalue weighted by molar-refractivity contribution is 7.89. The molecule has 2 atom stereocenters. The molecule has 0 aliphatic heterocycles. The lowest BCUT2D eigenvalue weighted by molar-refractivity contribution is -0.125. The van der Waals surface area contributed by atoms with Gasteiger partial charge in [-0.15, -0.1) is 0 Å². The van der Waals surface area contributed by atoms with Crippen molar-refractivity contribution in [2.45, 2.75) is 43.5 Å². The largest absolute Gasteiger partial charge is 0.452 e. The molecule has 0 heterocycles. The molecule has 0 bridgehead atoms. The molecule has 1 saturated carbocycles. The van der Waals surface area contributed by atoms with Gasteiger partial charge in [0.25, 0.3) is 5.91 Å². The number of benzene rings is 1. The monoisotopic (exact) mass is 388 g/mol. The minimum absolute atomic E-state index is 0.0488. The van der Waals surface area contributed by atoms with Crippen LogP contribution in [-0.4, -0.2) is 32.9 Å². The van der Waals surface area contributed by atoms with Gasteiger partial charge in [-0.05, 0) is 37.0 Å². The summed E-state index contributed by atoms with van der Waals surface area (Å²) in [5, 5.41) is 7.81. The van der Waals surface area contributed by atoms with Gasteiger partial charge in [-0.25, -0.2) is 18.4 Å². The Kier molecular flexibility index (Phi) is 6.42. The number of hydrogen-bond acceptors (Lipinski definition) is 5. The molecule has 9 heteroatoms. The van der Waals surface area contributed by atoms with Crippen molar-refractivity contribution >= 4 is 33.5 Å². The van der Waals surface area contributed by atoms with Crippen molar-refractivity contribution in [3.8, 4) is 0 Å². The van der Waals surface area contributed by atoms with Gasteiger partial charge in [-0.2, -0.15) is 0 Å². The van der Waals surface area contributed by atoms with Crippen molar-refractivity contribution in [3.63, 3.8) is 0 Å². The average molecular weight is 389 g/mol. The molecule has 1 amide bonds. The Bertz CT molecular complexity index is 766. The molecule has 25 heavy (non-hydrogen) atoms. The number of esters is 1. The van der Waals surface area contributed by atoms with Crippen LogP contribution >= 0.6 is 11.6 Å². The fourth-order valence-corrected chi connectivity index (χ4v) is 3.91. The Balaban J connectivity index is 1.95. The summed E-state index contributed by atoms with van der Waals surface area (Å²) in [7, 11) is -4.07. The van der Waals surface area contributed by atoms with Crippen LogP contribution in [0.1, 0.15) is 43.0 Å². The standard InChI is InChI=1S/C16H21ClN2O5S/c1-10-4-2-3-5-13(10)19-15(20)9-24-16(21)11-6-7-12(17)14(8-11)25(18,22)23/h6-8,10,13H,2-5,9H2,1H3,(H,19,20)(H2,18,22,23)/t10-,13-/m0/s1. The van der Waals surface area contributed by atoms with Crippen LogP contribution in [-0.2, 0) is 19.6 Å². The molecule has 0 saturated heterocycles. The summed E-state index contributed by atoms with van der Waals surface area (Å²) in [5.74, 6) is -0.817. The molecule has 3 N–H and O–H groups in total. The van der Waals surface area contributed by atoms with Gasteiger partial charge in [0.2, 0.25) is 10.0 Å². The normalized spacial score (nSPS) is 20.8. The molecule has 0 aromatic heterocycles. The number of primary sulfonamides is 1. The number of ether oxygens (including phenoxy) is 1. The minimum atomic E-state index is -4.07. The Morgan fingerprint density at radius 1 is 1.32 bits per heavy atom. The summed E-state index contributed by atoms with van der Waals surface area (Å²) >= 11 is 5.76. The summed E-state index contributed by atoms with van der Waals surface area (Å²) in [4.78, 5) is 23.6. The van der Waals surface area contributed by atoms with Gasteiger partial charge in [-0.3, -0.25) is 4.79 Å². The van der Waals surface area contributed by atoms with Gasteiger partial charge in [0, 0.05) is 6.04 Å². The second-order valence-electron chi connectivity index (χ2n) is 6.20. The topological polar surface area (TPSA) is 116 Å². The zero-order valence-corrected chi connectivity index (χ0v) is 15.4. The Hall–Kier alpha value is -1.64. The molecule has 1 aliphatic rings. The van der Waals surface area contributed by atoms with E-state index >= 15 is 0 Å². The van der Waals surface area contributed by atoms with Crippen molar-refractivity contribution in [2.24, 2.45) is 11.1 Å². The van der Waals surface area contributed by atoms with E-state index in [2.05, 4.69) is 12.2 Å². The smallest absolute Gasteiger partial charge is 0.338 e. The molecule has 1 fully saturated rings. The molecule has 138 valence electrons. The fraction of sp³-hybridized carbons (Fsp3) is 0.500. The van der Waals surface area contributed by atoms with E-state index in [4.69, 9.17) is 21.5 Å². The molecule has 0 unspecified atom stereocenters. The molecule has 1 aromatic carbocycles. The molecular formula is C16H21ClN2O5S. The van der Waals surface area contributed by atoms with Gasteiger partial charge in [-0.1, -0.05) is 31.4 Å². The third kappa shape index (κ3) is 5.42. The van der Waals surface area contributed by atoms with Crippen LogP contribution in [0.25, 0.3) is 0 Å². The molecule has 0 radical (unpaired) electrons. The molecule has 0 spiro atoms. The number of nitrogens with one attached hydrogen (secondary N) is 1. The van der Waals surface area contributed by atoms with Crippen LogP contribution in [0.3, 0.4) is 0 Å². The van der Waals surface area contributed by atoms with Crippen LogP contribution in [0.5, 0.6) is 0 Å². The maximum absolute atomic E-state index is 12.0. The maximum atomic E-state index is 12.0. The van der Waals surface area contributed by atoms with E-state index in [1.807, 2.05) is 0 Å². The van der Waals surface area contributed by atoms with Crippen LogP contribution in [0.15, 0.2) is 23.1 Å². The lowest BCUT2D eigenvalue weighted by Crippen LogP contribution is -2.42. The molecule has 1 aliphatic carbocycles. The highest BCUT2D eigenvalue weighted by atomic mass is 35.5. The quantitative estimate of drug-likeness (QED) is 0.746. The molecule has 7 nitrogen and oxygen atoms in total. The zero-order valence-electron chi connectivity index (χ0n) is 13.8. The van der Waals surface area contributed by atoms with Crippen molar-refractivity contribution in [1.82, 2.24) is 5.32 Å². The summed E-state index contributed by atoms with van der Waals surface area (Å²) < 4.78 is 27.8. The van der Waals surface area contributed by atoms with E-state index in [-0.39, 0.29) is 27.4 Å². The molecule has 2 rings (SSSR count). The van der Waals surface area contributed by atoms with Gasteiger partial charge >= 0.3 is 5.97 Å². The lowest BCUT2D eigenvalue weighted by atomic mass is 9.86. The Labute approximate surface area is 151 Å². The van der Waals surface area contributed by atoms with Crippen molar-refractivity contribution in [3.05, 3.63) is 28.8 Å². The zero-order chi connectivity index (χ0) is 18.6. The minimum Gasteiger partial charge on any atom is -0.452 e. The first-order valence-corrected chi connectivity index (χ1v) is 9.89. The number of carbonyl (C=O) groups excluding carboxylic acids is 2. The Morgan fingerprint density at radius 2 is 2.00 bits per heavy atom. The van der Waals surface area contributed by atoms with E-state index in [1.165, 1.54) is 12.1 Å². The maximum Gasteiger partial charge on any atom is 0.338 e. The second-order valence-corrected chi connectivity index (χ2v) is 8.14. The van der Waals surface area contributed by atoms with Gasteiger partial charge in [0.05, 0.1) is 10.6 Å². The number of halogens is 1. The predicted molar refractivity (Wildman–Crippen MR) is 92.7 cm³/mol. The van der Waals surface area contributed by atoms with Gasteiger partial charge in [0.15, 0.2) is 6.61 Å². The van der Waals surface area contributed by atoms with E-state index in [0.29, 0.717) is 5.92 Å². The van der Waals surface area contributed by atoms with E-state index in [0.717, 1.165) is 31.7 Å². The van der Waals surface area contributed by atoms with Gasteiger partial charge < -0.3 is 10.1 Å². The molecular weight excluding hydrogens is 368 g/mol. The summed E-state index contributed by atoms with van der Waals surface area (Å²) in [6.45, 7) is 1.65. The van der Waals surface area contributed by atoms with Crippen LogP contribution in [0, 0.1) is 5.92 Å². The summed E-state index contributed by atoms with van der Waals surface area (Å²) in [5.41, 5.74) is -0.0488. The fourth-order valence-electron chi connectivity index (χ4n) is 2.84. The van der Waals surface area contributed by atoms with E-state index in [1.54, 1.807) is 0 Å². The van der Waals surface area contributed by atoms with Crippen molar-refractivity contribution < 1.29 is 22.7 Å². The lowest BCUT2D eigenvalue weighted by Gasteiger charge is -2.29. The number of amides is 1. The van der Waals surface area contributed by atoms with Crippen LogP contribution in [0.4, 0.5) is 0 Å². The van der Waals surface area contributed by atoms with Crippen LogP contribution < -0.4 is 10.5 Å². The first kappa shape index (κ1) is 19.7. The average Bonchev–Trinajstić information content (AvgIpc) is 2.54. The third-order valence-electron chi connectivity index (χ3n) is 4.27. The highest BCUT2D eigenvalue weighted by Gasteiger charge is 2.23. The van der Waals surface area contributed by atoms with E-state index < -0.39 is 22.6 Å². The van der Waals surface area contributed by atoms with Crippen molar-refractivity contribution in [2.75, 3.05) is 6.61 Å². The second kappa shape index (κ2) is 8.16. The Morgan fingerprint density at radius 3 is 2.64 bits per heavy atom. The van der Waals surface area contributed by atoms with E-state index in [9.17, 15) is 18.0 Å². The number of carbonyl (C=O) groups is 2. The summed E-state index contributed by atoms with van der Waals surface area (Å²) in [6.07, 6.45) is 4.20. The first-order chi connectivity index (χ1) is 11.7.